The number of amides is 1. The third-order valence-corrected chi connectivity index (χ3v) is 4.72. The Kier molecular flexibility index (Phi) is 4.77. The monoisotopic (exact) mass is 297 g/mol. The van der Waals surface area contributed by atoms with Crippen LogP contribution in [0.3, 0.4) is 0 Å². The number of carboxylic acids is 1. The molecule has 0 saturated carbocycles. The van der Waals surface area contributed by atoms with Crippen molar-refractivity contribution in [1.82, 2.24) is 4.90 Å². The van der Waals surface area contributed by atoms with Crippen LogP contribution in [0.2, 0.25) is 0 Å². The van der Waals surface area contributed by atoms with E-state index in [0.717, 1.165) is 10.4 Å². The Hall–Kier alpha value is -1.40. The second kappa shape index (κ2) is 6.37. The van der Waals surface area contributed by atoms with Crippen molar-refractivity contribution in [2.24, 2.45) is 0 Å². The molecule has 0 spiro atoms. The van der Waals surface area contributed by atoms with Crippen LogP contribution in [-0.2, 0) is 9.53 Å². The predicted molar refractivity (Wildman–Crippen MR) is 76.3 cm³/mol. The Balaban J connectivity index is 2.20. The average molecular weight is 297 g/mol. The fourth-order valence-corrected chi connectivity index (χ4v) is 3.32. The minimum atomic E-state index is -0.977. The van der Waals surface area contributed by atoms with E-state index in [1.807, 2.05) is 19.9 Å². The number of nitrogens with zero attached hydrogens (tertiary/aromatic N) is 1. The maximum absolute atomic E-state index is 12.6. The van der Waals surface area contributed by atoms with Gasteiger partial charge in [0.2, 0.25) is 0 Å². The van der Waals surface area contributed by atoms with Gasteiger partial charge in [0.25, 0.3) is 5.91 Å². The third-order valence-electron chi connectivity index (χ3n) is 3.57. The largest absolute Gasteiger partial charge is 0.480 e. The van der Waals surface area contributed by atoms with Gasteiger partial charge < -0.3 is 14.7 Å². The van der Waals surface area contributed by atoms with Crippen LogP contribution >= 0.6 is 11.3 Å². The first kappa shape index (κ1) is 15.0. The lowest BCUT2D eigenvalue weighted by atomic mass is 10.1. The van der Waals surface area contributed by atoms with Gasteiger partial charge in [-0.1, -0.05) is 0 Å². The molecule has 5 nitrogen and oxygen atoms in total. The van der Waals surface area contributed by atoms with Crippen molar-refractivity contribution in [2.45, 2.75) is 32.7 Å². The first-order valence-corrected chi connectivity index (χ1v) is 7.48. The number of carbonyl (C=O) groups is 2. The molecule has 1 fully saturated rings. The lowest BCUT2D eigenvalue weighted by molar-refractivity contribution is -0.138. The molecule has 6 heteroatoms. The van der Waals surface area contributed by atoms with Crippen LogP contribution in [-0.4, -0.2) is 47.7 Å². The zero-order valence-corrected chi connectivity index (χ0v) is 12.5. The van der Waals surface area contributed by atoms with Gasteiger partial charge in [-0.3, -0.25) is 9.59 Å². The van der Waals surface area contributed by atoms with E-state index < -0.39 is 5.97 Å². The fraction of sp³-hybridized carbons (Fsp3) is 0.571. The van der Waals surface area contributed by atoms with Gasteiger partial charge in [0.15, 0.2) is 0 Å². The van der Waals surface area contributed by atoms with E-state index in [-0.39, 0.29) is 18.5 Å². The average Bonchev–Trinajstić information content (AvgIpc) is 2.76. The second-order valence-electron chi connectivity index (χ2n) is 5.02. The number of carbonyl (C=O) groups excluding carboxylic acids is 1. The van der Waals surface area contributed by atoms with Gasteiger partial charge in [0, 0.05) is 24.1 Å². The summed E-state index contributed by atoms with van der Waals surface area (Å²) in [6.07, 6.45) is 1.39. The maximum Gasteiger partial charge on any atom is 0.323 e. The van der Waals surface area contributed by atoms with Crippen LogP contribution in [0, 0.1) is 13.8 Å². The number of thiophene rings is 1. The number of aliphatic carboxylic acids is 1. The summed E-state index contributed by atoms with van der Waals surface area (Å²) in [4.78, 5) is 26.8. The lowest BCUT2D eigenvalue weighted by Gasteiger charge is -2.32. The quantitative estimate of drug-likeness (QED) is 0.924. The van der Waals surface area contributed by atoms with Gasteiger partial charge in [-0.05, 0) is 38.3 Å². The molecule has 2 rings (SSSR count). The highest BCUT2D eigenvalue weighted by Crippen LogP contribution is 2.24. The molecule has 1 N–H and O–H groups in total. The number of ether oxygens (including phenoxy) is 1. The summed E-state index contributed by atoms with van der Waals surface area (Å²) in [5.74, 6) is -1.16. The molecule has 0 unspecified atom stereocenters. The molecule has 0 atom stereocenters. The van der Waals surface area contributed by atoms with Gasteiger partial charge in [-0.25, -0.2) is 0 Å². The van der Waals surface area contributed by atoms with E-state index in [0.29, 0.717) is 30.9 Å². The van der Waals surface area contributed by atoms with E-state index in [1.165, 1.54) is 16.2 Å². The topological polar surface area (TPSA) is 66.8 Å². The van der Waals surface area contributed by atoms with Crippen molar-refractivity contribution in [3.8, 4) is 0 Å². The highest BCUT2D eigenvalue weighted by atomic mass is 32.1. The summed E-state index contributed by atoms with van der Waals surface area (Å²) in [6, 6.07) is 1.80. The molecule has 2 heterocycles. The van der Waals surface area contributed by atoms with Gasteiger partial charge in [0.05, 0.1) is 4.88 Å². The van der Waals surface area contributed by atoms with Crippen molar-refractivity contribution in [1.29, 1.82) is 0 Å². The molecular weight excluding hydrogens is 278 g/mol. The Labute approximate surface area is 122 Å². The van der Waals surface area contributed by atoms with E-state index in [2.05, 4.69) is 0 Å². The molecule has 1 saturated heterocycles. The van der Waals surface area contributed by atoms with Crippen LogP contribution in [0.4, 0.5) is 0 Å². The van der Waals surface area contributed by atoms with Gasteiger partial charge in [-0.15, -0.1) is 11.3 Å². The van der Waals surface area contributed by atoms with Crippen LogP contribution in [0.5, 0.6) is 0 Å². The van der Waals surface area contributed by atoms with E-state index >= 15 is 0 Å². The smallest absolute Gasteiger partial charge is 0.323 e. The Bertz CT molecular complexity index is 486. The van der Waals surface area contributed by atoms with E-state index in [4.69, 9.17) is 9.84 Å². The molecule has 1 aliphatic heterocycles. The van der Waals surface area contributed by atoms with Crippen LogP contribution in [0.15, 0.2) is 6.07 Å². The summed E-state index contributed by atoms with van der Waals surface area (Å²) < 4.78 is 5.28. The fourth-order valence-electron chi connectivity index (χ4n) is 2.33. The first-order chi connectivity index (χ1) is 9.49. The Morgan fingerprint density at radius 2 is 2.05 bits per heavy atom. The number of carboxylic acid groups (broad SMARTS) is 1. The van der Waals surface area contributed by atoms with Gasteiger partial charge in [-0.2, -0.15) is 0 Å². The number of aryl methyl sites for hydroxylation is 2. The number of hydrogen-bond acceptors (Lipinski definition) is 4. The third kappa shape index (κ3) is 3.37. The zero-order valence-electron chi connectivity index (χ0n) is 11.7. The molecule has 110 valence electrons. The molecule has 20 heavy (non-hydrogen) atoms. The van der Waals surface area contributed by atoms with Crippen LogP contribution in [0.25, 0.3) is 0 Å². The lowest BCUT2D eigenvalue weighted by Crippen LogP contribution is -2.45. The zero-order chi connectivity index (χ0) is 14.7. The van der Waals surface area contributed by atoms with Gasteiger partial charge in [0.1, 0.15) is 6.54 Å². The molecular formula is C14H19NO4S. The molecule has 1 aromatic heterocycles. The van der Waals surface area contributed by atoms with Crippen molar-refractivity contribution in [2.75, 3.05) is 19.8 Å². The minimum Gasteiger partial charge on any atom is -0.480 e. The second-order valence-corrected chi connectivity index (χ2v) is 6.28. The summed E-state index contributed by atoms with van der Waals surface area (Å²) in [5, 5.41) is 9.05. The summed E-state index contributed by atoms with van der Waals surface area (Å²) in [5.41, 5.74) is 1.07. The van der Waals surface area contributed by atoms with Crippen molar-refractivity contribution in [3.63, 3.8) is 0 Å². The number of hydrogen-bond donors (Lipinski definition) is 1. The normalized spacial score (nSPS) is 16.1. The van der Waals surface area contributed by atoms with E-state index in [9.17, 15) is 9.59 Å². The molecule has 0 aliphatic carbocycles. The highest BCUT2D eigenvalue weighted by Gasteiger charge is 2.29. The molecule has 0 radical (unpaired) electrons. The molecule has 1 aromatic rings. The molecule has 0 aromatic carbocycles. The number of rotatable bonds is 4. The van der Waals surface area contributed by atoms with Crippen molar-refractivity contribution in [3.05, 3.63) is 21.4 Å². The maximum atomic E-state index is 12.6. The van der Waals surface area contributed by atoms with Crippen molar-refractivity contribution < 1.29 is 19.4 Å². The first-order valence-electron chi connectivity index (χ1n) is 6.66. The van der Waals surface area contributed by atoms with Crippen LogP contribution < -0.4 is 0 Å². The minimum absolute atomic E-state index is 0.0462. The predicted octanol–water partition coefficient (Wildman–Crippen LogP) is 2.07. The molecule has 1 aliphatic rings. The van der Waals surface area contributed by atoms with Gasteiger partial charge >= 0.3 is 5.97 Å². The molecule has 0 bridgehead atoms. The summed E-state index contributed by atoms with van der Waals surface area (Å²) >= 11 is 1.43. The summed E-state index contributed by atoms with van der Waals surface area (Å²) in [7, 11) is 0. The van der Waals surface area contributed by atoms with Crippen molar-refractivity contribution >= 4 is 23.2 Å². The van der Waals surface area contributed by atoms with E-state index in [1.54, 1.807) is 0 Å². The Morgan fingerprint density at radius 1 is 1.40 bits per heavy atom. The molecule has 1 amide bonds. The SMILES string of the molecule is Cc1cc(C(=O)N(CC(=O)O)C2CCOCC2)sc1C. The highest BCUT2D eigenvalue weighted by molar-refractivity contribution is 7.14. The summed E-state index contributed by atoms with van der Waals surface area (Å²) in [6.45, 7) is 4.83. The Morgan fingerprint density at radius 3 is 2.55 bits per heavy atom. The standard InChI is InChI=1S/C14H19NO4S/c1-9-7-12(20-10(9)2)14(18)15(8-13(16)17)11-3-5-19-6-4-11/h7,11H,3-6,8H2,1-2H3,(H,16,17). The van der Waals surface area contributed by atoms with Crippen LogP contribution in [0.1, 0.15) is 33.0 Å².